The molecule has 0 radical (unpaired) electrons. The minimum Gasteiger partial charge on any atom is -0.484 e. The van der Waals surface area contributed by atoms with Gasteiger partial charge in [-0.15, -0.1) is 0 Å². The van der Waals surface area contributed by atoms with Gasteiger partial charge in [0, 0.05) is 6.07 Å². The number of hydrogen-bond acceptors (Lipinski definition) is 4. The summed E-state index contributed by atoms with van der Waals surface area (Å²) in [6.07, 6.45) is 1.45. The van der Waals surface area contributed by atoms with E-state index < -0.39 is 30.2 Å². The molecular weight excluding hydrogens is 298 g/mol. The van der Waals surface area contributed by atoms with Gasteiger partial charge in [-0.3, -0.25) is 10.1 Å². The summed E-state index contributed by atoms with van der Waals surface area (Å²) in [6, 6.07) is 5.44. The zero-order valence-corrected chi connectivity index (χ0v) is 11.3. The topological polar surface area (TPSA) is 80.6 Å². The largest absolute Gasteiger partial charge is 0.484 e. The molecule has 6 nitrogen and oxygen atoms in total. The molecule has 1 aromatic carbocycles. The lowest BCUT2D eigenvalue weighted by atomic mass is 10.3. The predicted molar refractivity (Wildman–Crippen MR) is 70.9 cm³/mol. The number of furan rings is 1. The highest BCUT2D eigenvalue weighted by Gasteiger charge is 2.10. The average molecular weight is 310 g/mol. The number of imide groups is 1. The second kappa shape index (κ2) is 7.21. The zero-order valence-electron chi connectivity index (χ0n) is 11.3. The molecule has 0 fully saturated rings. The van der Waals surface area contributed by atoms with Gasteiger partial charge in [-0.2, -0.15) is 0 Å². The molecule has 0 atom stereocenters. The maximum Gasteiger partial charge on any atom is 0.321 e. The van der Waals surface area contributed by atoms with Crippen molar-refractivity contribution in [3.63, 3.8) is 0 Å². The lowest BCUT2D eigenvalue weighted by Crippen LogP contribution is -2.41. The van der Waals surface area contributed by atoms with Gasteiger partial charge in [-0.05, 0) is 24.3 Å². The number of rotatable bonds is 5. The van der Waals surface area contributed by atoms with E-state index in [1.54, 1.807) is 12.1 Å². The second-order valence-electron chi connectivity index (χ2n) is 4.17. The number of ether oxygens (including phenoxy) is 1. The van der Waals surface area contributed by atoms with Crippen LogP contribution < -0.4 is 15.4 Å². The summed E-state index contributed by atoms with van der Waals surface area (Å²) >= 11 is 0. The molecule has 0 unspecified atom stereocenters. The molecule has 0 bridgehead atoms. The second-order valence-corrected chi connectivity index (χ2v) is 4.17. The first-order chi connectivity index (χ1) is 10.5. The third-order valence-corrected chi connectivity index (χ3v) is 2.52. The van der Waals surface area contributed by atoms with Crippen LogP contribution in [0.25, 0.3) is 0 Å². The number of halogens is 2. The van der Waals surface area contributed by atoms with Crippen molar-refractivity contribution in [1.82, 2.24) is 10.6 Å². The first-order valence-corrected chi connectivity index (χ1v) is 6.22. The molecule has 2 rings (SSSR count). The number of carbonyl (C=O) groups is 2. The molecule has 3 amide bonds. The maximum absolute atomic E-state index is 12.9. The van der Waals surface area contributed by atoms with Crippen molar-refractivity contribution in [2.75, 3.05) is 6.61 Å². The van der Waals surface area contributed by atoms with Crippen LogP contribution in [0.15, 0.2) is 41.0 Å². The van der Waals surface area contributed by atoms with E-state index in [4.69, 9.17) is 9.15 Å². The number of carbonyl (C=O) groups excluding carboxylic acids is 2. The van der Waals surface area contributed by atoms with Crippen LogP contribution in [0.5, 0.6) is 5.75 Å². The zero-order chi connectivity index (χ0) is 15.9. The predicted octanol–water partition coefficient (Wildman–Crippen LogP) is 1.96. The fraction of sp³-hybridized carbons (Fsp3) is 0.143. The molecule has 0 spiro atoms. The monoisotopic (exact) mass is 310 g/mol. The molecule has 1 heterocycles. The highest BCUT2D eigenvalue weighted by atomic mass is 19.2. The van der Waals surface area contributed by atoms with Gasteiger partial charge in [0.15, 0.2) is 18.2 Å². The summed E-state index contributed by atoms with van der Waals surface area (Å²) in [5, 5.41) is 4.42. The van der Waals surface area contributed by atoms with Crippen LogP contribution in [0, 0.1) is 11.6 Å². The smallest absolute Gasteiger partial charge is 0.321 e. The Balaban J connectivity index is 1.72. The van der Waals surface area contributed by atoms with E-state index in [2.05, 4.69) is 5.32 Å². The third kappa shape index (κ3) is 4.58. The van der Waals surface area contributed by atoms with Gasteiger partial charge in [0.25, 0.3) is 5.91 Å². The Morgan fingerprint density at radius 1 is 1.18 bits per heavy atom. The Morgan fingerprint density at radius 2 is 2.00 bits per heavy atom. The summed E-state index contributed by atoms with van der Waals surface area (Å²) in [6.45, 7) is -0.393. The SMILES string of the molecule is O=C(COc1ccc(F)c(F)c1)NC(=O)NCc1ccco1. The van der Waals surface area contributed by atoms with E-state index in [1.165, 1.54) is 12.3 Å². The van der Waals surface area contributed by atoms with Crippen molar-refractivity contribution < 1.29 is 27.5 Å². The molecule has 1 aromatic heterocycles. The number of amides is 3. The highest BCUT2D eigenvalue weighted by molar-refractivity contribution is 5.94. The molecule has 0 saturated carbocycles. The van der Waals surface area contributed by atoms with Crippen LogP contribution in [0.4, 0.5) is 13.6 Å². The van der Waals surface area contributed by atoms with Crippen molar-refractivity contribution >= 4 is 11.9 Å². The Bertz CT molecular complexity index is 659. The molecule has 0 saturated heterocycles. The average Bonchev–Trinajstić information content (AvgIpc) is 3.00. The van der Waals surface area contributed by atoms with Crippen LogP contribution in [-0.2, 0) is 11.3 Å². The van der Waals surface area contributed by atoms with Gasteiger partial charge >= 0.3 is 6.03 Å². The molecule has 0 aliphatic carbocycles. The van der Waals surface area contributed by atoms with Crippen LogP contribution >= 0.6 is 0 Å². The minimum atomic E-state index is -1.09. The molecule has 0 aliphatic heterocycles. The number of urea groups is 1. The first-order valence-electron chi connectivity index (χ1n) is 6.22. The summed E-state index contributed by atoms with van der Waals surface area (Å²) in [7, 11) is 0. The Kier molecular flexibility index (Phi) is 5.07. The van der Waals surface area contributed by atoms with Crippen LogP contribution in [0.2, 0.25) is 0 Å². The van der Waals surface area contributed by atoms with Gasteiger partial charge in [0.2, 0.25) is 0 Å². The standard InChI is InChI=1S/C14H12F2N2O4/c15-11-4-3-9(6-12(11)16)22-8-13(19)18-14(20)17-7-10-2-1-5-21-10/h1-6H,7-8H2,(H2,17,18,19,20). The first kappa shape index (κ1) is 15.5. The van der Waals surface area contributed by atoms with Gasteiger partial charge in [0.05, 0.1) is 12.8 Å². The van der Waals surface area contributed by atoms with E-state index >= 15 is 0 Å². The third-order valence-electron chi connectivity index (χ3n) is 2.52. The van der Waals surface area contributed by atoms with E-state index in [9.17, 15) is 18.4 Å². The molecule has 0 aliphatic rings. The summed E-state index contributed by atoms with van der Waals surface area (Å²) in [5.41, 5.74) is 0. The summed E-state index contributed by atoms with van der Waals surface area (Å²) in [4.78, 5) is 22.9. The normalized spacial score (nSPS) is 10.1. The number of hydrogen-bond donors (Lipinski definition) is 2. The van der Waals surface area contributed by atoms with E-state index in [1.807, 2.05) is 5.32 Å². The maximum atomic E-state index is 12.9. The lowest BCUT2D eigenvalue weighted by Gasteiger charge is -2.07. The van der Waals surface area contributed by atoms with Crippen LogP contribution in [-0.4, -0.2) is 18.5 Å². The van der Waals surface area contributed by atoms with E-state index in [-0.39, 0.29) is 12.3 Å². The fourth-order valence-corrected chi connectivity index (χ4v) is 1.50. The Morgan fingerprint density at radius 3 is 2.68 bits per heavy atom. The van der Waals surface area contributed by atoms with Gasteiger partial charge in [0.1, 0.15) is 11.5 Å². The molecular formula is C14H12F2N2O4. The molecule has 22 heavy (non-hydrogen) atoms. The quantitative estimate of drug-likeness (QED) is 0.884. The summed E-state index contributed by atoms with van der Waals surface area (Å²) < 4.78 is 35.6. The van der Waals surface area contributed by atoms with Crippen molar-refractivity contribution in [1.29, 1.82) is 0 Å². The highest BCUT2D eigenvalue weighted by Crippen LogP contribution is 2.15. The van der Waals surface area contributed by atoms with Crippen molar-refractivity contribution in [3.8, 4) is 5.75 Å². The van der Waals surface area contributed by atoms with E-state index in [0.29, 0.717) is 5.76 Å². The van der Waals surface area contributed by atoms with Gasteiger partial charge < -0.3 is 14.5 Å². The molecule has 2 N–H and O–H groups in total. The van der Waals surface area contributed by atoms with Gasteiger partial charge in [-0.1, -0.05) is 0 Å². The summed E-state index contributed by atoms with van der Waals surface area (Å²) in [5.74, 6) is -2.34. The lowest BCUT2D eigenvalue weighted by molar-refractivity contribution is -0.122. The van der Waals surface area contributed by atoms with E-state index in [0.717, 1.165) is 12.1 Å². The van der Waals surface area contributed by atoms with Crippen molar-refractivity contribution in [2.45, 2.75) is 6.54 Å². The van der Waals surface area contributed by atoms with Crippen molar-refractivity contribution in [3.05, 3.63) is 54.0 Å². The Hall–Kier alpha value is -2.90. The van der Waals surface area contributed by atoms with Gasteiger partial charge in [-0.25, -0.2) is 13.6 Å². The minimum absolute atomic E-state index is 0.0231. The number of benzene rings is 1. The van der Waals surface area contributed by atoms with Crippen molar-refractivity contribution in [2.24, 2.45) is 0 Å². The molecule has 2 aromatic rings. The van der Waals surface area contributed by atoms with Crippen LogP contribution in [0.3, 0.4) is 0 Å². The molecule has 8 heteroatoms. The van der Waals surface area contributed by atoms with Crippen LogP contribution in [0.1, 0.15) is 5.76 Å². The number of nitrogens with one attached hydrogen (secondary N) is 2. The Labute approximate surface area is 124 Å². The molecule has 116 valence electrons. The fourth-order valence-electron chi connectivity index (χ4n) is 1.50.